The van der Waals surface area contributed by atoms with Crippen LogP contribution in [0.25, 0.3) is 0 Å². The van der Waals surface area contributed by atoms with E-state index in [0.717, 1.165) is 19.3 Å². The fraction of sp³-hybridized carbons (Fsp3) is 0.588. The lowest BCUT2D eigenvalue weighted by atomic mass is 9.84. The molecule has 25 heavy (non-hydrogen) atoms. The van der Waals surface area contributed by atoms with E-state index in [1.165, 1.54) is 18.2 Å². The Labute approximate surface area is 150 Å². The first-order valence-corrected chi connectivity index (χ1v) is 8.10. The summed E-state index contributed by atoms with van der Waals surface area (Å²) in [6, 6.07) is 5.60. The number of halogens is 4. The topological polar surface area (TPSA) is 55.6 Å². The van der Waals surface area contributed by atoms with Gasteiger partial charge in [-0.2, -0.15) is 0 Å². The van der Waals surface area contributed by atoms with Crippen LogP contribution in [0.2, 0.25) is 0 Å². The molecule has 2 aliphatic rings. The third kappa shape index (κ3) is 4.39. The van der Waals surface area contributed by atoms with Gasteiger partial charge in [-0.25, -0.2) is 0 Å². The van der Waals surface area contributed by atoms with Crippen molar-refractivity contribution in [3.05, 3.63) is 29.8 Å². The van der Waals surface area contributed by atoms with E-state index in [4.69, 9.17) is 5.73 Å². The van der Waals surface area contributed by atoms with Gasteiger partial charge in [0, 0.05) is 19.6 Å². The molecule has 2 aliphatic carbocycles. The van der Waals surface area contributed by atoms with Crippen LogP contribution in [0.4, 0.5) is 13.2 Å². The van der Waals surface area contributed by atoms with Crippen molar-refractivity contribution in [1.82, 2.24) is 4.90 Å². The molecule has 2 fully saturated rings. The predicted molar refractivity (Wildman–Crippen MR) is 89.1 cm³/mol. The van der Waals surface area contributed by atoms with Crippen molar-refractivity contribution in [1.29, 1.82) is 0 Å². The van der Waals surface area contributed by atoms with Gasteiger partial charge in [-0.3, -0.25) is 4.79 Å². The van der Waals surface area contributed by atoms with Gasteiger partial charge < -0.3 is 15.4 Å². The van der Waals surface area contributed by atoms with Crippen LogP contribution in [0.5, 0.6) is 5.75 Å². The molecule has 1 amide bonds. The monoisotopic (exact) mass is 378 g/mol. The summed E-state index contributed by atoms with van der Waals surface area (Å²) in [6.45, 7) is 0.231. The largest absolute Gasteiger partial charge is 0.573 e. The van der Waals surface area contributed by atoms with Crippen LogP contribution in [-0.2, 0) is 11.3 Å². The molecule has 0 aromatic heterocycles. The summed E-state index contributed by atoms with van der Waals surface area (Å²) in [7, 11) is 1.67. The van der Waals surface area contributed by atoms with E-state index < -0.39 is 6.36 Å². The minimum atomic E-state index is -4.73. The quantitative estimate of drug-likeness (QED) is 0.874. The molecule has 2 saturated carbocycles. The Bertz CT molecular complexity index is 624. The molecule has 1 aromatic carbocycles. The number of nitrogens with zero attached hydrogens (tertiary/aromatic N) is 1. The zero-order chi connectivity index (χ0) is 17.5. The van der Waals surface area contributed by atoms with E-state index in [-0.39, 0.29) is 42.6 Å². The van der Waals surface area contributed by atoms with Crippen LogP contribution in [0.3, 0.4) is 0 Å². The number of carbonyl (C=O) groups is 1. The number of rotatable bonds is 4. The SMILES string of the molecule is CN(Cc1cccc(OC(F)(F)F)c1)C(=O)C1C2CCC(C2)C1N.Cl. The minimum Gasteiger partial charge on any atom is -0.406 e. The van der Waals surface area contributed by atoms with Gasteiger partial charge in [-0.05, 0) is 48.8 Å². The van der Waals surface area contributed by atoms with Gasteiger partial charge in [0.05, 0.1) is 5.92 Å². The first-order valence-electron chi connectivity index (χ1n) is 8.10. The van der Waals surface area contributed by atoms with Crippen LogP contribution < -0.4 is 10.5 Å². The summed E-state index contributed by atoms with van der Waals surface area (Å²) in [5.41, 5.74) is 6.78. The third-order valence-electron chi connectivity index (χ3n) is 5.19. The maximum Gasteiger partial charge on any atom is 0.573 e. The van der Waals surface area contributed by atoms with E-state index in [1.807, 2.05) is 0 Å². The lowest BCUT2D eigenvalue weighted by Crippen LogP contribution is -2.45. The summed E-state index contributed by atoms with van der Waals surface area (Å²) in [6.07, 6.45) is -1.58. The summed E-state index contributed by atoms with van der Waals surface area (Å²) in [5.74, 6) is 0.318. The highest BCUT2D eigenvalue weighted by atomic mass is 35.5. The van der Waals surface area contributed by atoms with Crippen molar-refractivity contribution in [2.24, 2.45) is 23.5 Å². The van der Waals surface area contributed by atoms with Crippen molar-refractivity contribution < 1.29 is 22.7 Å². The Morgan fingerprint density at radius 3 is 2.60 bits per heavy atom. The number of fused-ring (bicyclic) bond motifs is 2. The van der Waals surface area contributed by atoms with Gasteiger partial charge in [-0.15, -0.1) is 25.6 Å². The van der Waals surface area contributed by atoms with E-state index in [2.05, 4.69) is 4.74 Å². The molecule has 0 aliphatic heterocycles. The fourth-order valence-electron chi connectivity index (χ4n) is 4.15. The number of ether oxygens (including phenoxy) is 1. The van der Waals surface area contributed by atoms with Crippen LogP contribution in [-0.4, -0.2) is 30.3 Å². The summed E-state index contributed by atoms with van der Waals surface area (Å²) >= 11 is 0. The van der Waals surface area contributed by atoms with Crippen LogP contribution in [0.15, 0.2) is 24.3 Å². The summed E-state index contributed by atoms with van der Waals surface area (Å²) in [4.78, 5) is 14.3. The minimum absolute atomic E-state index is 0. The van der Waals surface area contributed by atoms with E-state index in [0.29, 0.717) is 17.4 Å². The zero-order valence-corrected chi connectivity index (χ0v) is 14.6. The van der Waals surface area contributed by atoms with Crippen molar-refractivity contribution in [3.63, 3.8) is 0 Å². The first kappa shape index (κ1) is 19.8. The fourth-order valence-corrected chi connectivity index (χ4v) is 4.15. The average Bonchev–Trinajstić information content (AvgIpc) is 3.06. The number of alkyl halides is 3. The molecule has 8 heteroatoms. The summed E-state index contributed by atoms with van der Waals surface area (Å²) < 4.78 is 40.8. The number of amides is 1. The van der Waals surface area contributed by atoms with Gasteiger partial charge in [0.2, 0.25) is 5.91 Å². The highest BCUT2D eigenvalue weighted by molar-refractivity contribution is 5.85. The third-order valence-corrected chi connectivity index (χ3v) is 5.19. The highest BCUT2D eigenvalue weighted by Gasteiger charge is 2.49. The molecule has 0 saturated heterocycles. The Kier molecular flexibility index (Phi) is 5.89. The zero-order valence-electron chi connectivity index (χ0n) is 13.8. The number of hydrogen-bond acceptors (Lipinski definition) is 3. The van der Waals surface area contributed by atoms with Crippen LogP contribution >= 0.6 is 12.4 Å². The standard InChI is InChI=1S/C17H21F3N2O2.ClH/c1-22(16(23)14-11-5-6-12(8-11)15(14)21)9-10-3-2-4-13(7-10)24-17(18,19)20;/h2-4,7,11-12,14-15H,5-6,8-9,21H2,1H3;1H. The maximum atomic E-state index is 12.7. The van der Waals surface area contributed by atoms with Gasteiger partial charge in [0.25, 0.3) is 0 Å². The van der Waals surface area contributed by atoms with E-state index in [9.17, 15) is 18.0 Å². The van der Waals surface area contributed by atoms with Gasteiger partial charge in [0.1, 0.15) is 5.75 Å². The van der Waals surface area contributed by atoms with E-state index in [1.54, 1.807) is 18.0 Å². The molecule has 1 aromatic rings. The van der Waals surface area contributed by atoms with Crippen LogP contribution in [0, 0.1) is 17.8 Å². The molecule has 0 radical (unpaired) electrons. The molecule has 2 bridgehead atoms. The summed E-state index contributed by atoms with van der Waals surface area (Å²) in [5, 5.41) is 0. The molecule has 0 spiro atoms. The van der Waals surface area contributed by atoms with Crippen LogP contribution in [0.1, 0.15) is 24.8 Å². The Morgan fingerprint density at radius 1 is 1.32 bits per heavy atom. The van der Waals surface area contributed by atoms with Crippen molar-refractivity contribution in [2.75, 3.05) is 7.05 Å². The predicted octanol–water partition coefficient (Wildman–Crippen LogP) is 3.34. The second-order valence-electron chi connectivity index (χ2n) is 6.83. The number of hydrogen-bond donors (Lipinski definition) is 1. The Morgan fingerprint density at radius 2 is 2.00 bits per heavy atom. The Balaban J connectivity index is 0.00000225. The number of carbonyl (C=O) groups excluding carboxylic acids is 1. The van der Waals surface area contributed by atoms with E-state index >= 15 is 0 Å². The lowest BCUT2D eigenvalue weighted by Gasteiger charge is -2.31. The molecule has 4 atom stereocenters. The second-order valence-corrected chi connectivity index (χ2v) is 6.83. The molecule has 3 rings (SSSR count). The smallest absolute Gasteiger partial charge is 0.406 e. The van der Waals surface area contributed by atoms with Crippen molar-refractivity contribution in [2.45, 2.75) is 38.2 Å². The van der Waals surface area contributed by atoms with Gasteiger partial charge in [-0.1, -0.05) is 12.1 Å². The molecular formula is C17H22ClF3N2O2. The molecule has 4 nitrogen and oxygen atoms in total. The first-order chi connectivity index (χ1) is 11.2. The molecule has 140 valence electrons. The average molecular weight is 379 g/mol. The number of nitrogens with two attached hydrogens (primary N) is 1. The van der Waals surface area contributed by atoms with Gasteiger partial charge >= 0.3 is 6.36 Å². The maximum absolute atomic E-state index is 12.7. The molecule has 4 unspecified atom stereocenters. The second kappa shape index (κ2) is 7.41. The normalized spacial score (nSPS) is 27.7. The highest BCUT2D eigenvalue weighted by Crippen LogP contribution is 2.48. The molecule has 0 heterocycles. The molecular weight excluding hydrogens is 357 g/mol. The Hall–Kier alpha value is -1.47. The lowest BCUT2D eigenvalue weighted by molar-refractivity contribution is -0.274. The molecule has 2 N–H and O–H groups in total. The number of benzene rings is 1. The van der Waals surface area contributed by atoms with Crippen molar-refractivity contribution in [3.8, 4) is 5.75 Å². The van der Waals surface area contributed by atoms with Crippen molar-refractivity contribution >= 4 is 18.3 Å². The van der Waals surface area contributed by atoms with Gasteiger partial charge in [0.15, 0.2) is 0 Å².